The van der Waals surface area contributed by atoms with Gasteiger partial charge in [-0.3, -0.25) is 0 Å². The summed E-state index contributed by atoms with van der Waals surface area (Å²) < 4.78 is 2.27. The van der Waals surface area contributed by atoms with Crippen LogP contribution in [0.15, 0.2) is 42.5 Å². The van der Waals surface area contributed by atoms with Gasteiger partial charge in [-0.05, 0) is 42.3 Å². The molecule has 0 aliphatic rings. The van der Waals surface area contributed by atoms with Gasteiger partial charge in [-0.2, -0.15) is 0 Å². The maximum Gasteiger partial charge on any atom is 0.133 e. The molecular formula is C20H20Cl2N2. The number of imidazole rings is 1. The van der Waals surface area contributed by atoms with Crippen LogP contribution < -0.4 is 0 Å². The van der Waals surface area contributed by atoms with Crippen molar-refractivity contribution < 1.29 is 0 Å². The minimum atomic E-state index is 0.582. The summed E-state index contributed by atoms with van der Waals surface area (Å²) in [6, 6.07) is 13.8. The van der Waals surface area contributed by atoms with Crippen molar-refractivity contribution in [3.63, 3.8) is 0 Å². The lowest BCUT2D eigenvalue weighted by Crippen LogP contribution is -2.08. The molecule has 0 radical (unpaired) electrons. The highest BCUT2D eigenvalue weighted by atomic mass is 35.5. The first kappa shape index (κ1) is 17.1. The van der Waals surface area contributed by atoms with Crippen molar-refractivity contribution in [2.45, 2.75) is 26.8 Å². The minimum absolute atomic E-state index is 0.582. The van der Waals surface area contributed by atoms with Crippen LogP contribution in [0, 0.1) is 5.92 Å². The third-order valence-corrected chi connectivity index (χ3v) is 4.93. The second-order valence-electron chi connectivity index (χ2n) is 6.05. The topological polar surface area (TPSA) is 17.8 Å². The van der Waals surface area contributed by atoms with Crippen molar-refractivity contribution in [1.29, 1.82) is 0 Å². The lowest BCUT2D eigenvalue weighted by molar-refractivity contribution is 0.474. The van der Waals surface area contributed by atoms with E-state index in [0.717, 1.165) is 35.4 Å². The van der Waals surface area contributed by atoms with E-state index in [4.69, 9.17) is 28.2 Å². The number of halogens is 2. The van der Waals surface area contributed by atoms with Crippen LogP contribution in [-0.2, 0) is 6.54 Å². The van der Waals surface area contributed by atoms with Crippen LogP contribution in [0.25, 0.3) is 23.2 Å². The molecule has 0 spiro atoms. The Hall–Kier alpha value is -1.77. The van der Waals surface area contributed by atoms with E-state index in [1.807, 2.05) is 42.5 Å². The van der Waals surface area contributed by atoms with Crippen LogP contribution in [0.1, 0.15) is 31.7 Å². The normalized spacial score (nSPS) is 13.0. The van der Waals surface area contributed by atoms with Crippen molar-refractivity contribution >= 4 is 46.4 Å². The van der Waals surface area contributed by atoms with Gasteiger partial charge in [0.1, 0.15) is 5.82 Å². The molecule has 1 unspecified atom stereocenters. The van der Waals surface area contributed by atoms with Crippen molar-refractivity contribution in [2.24, 2.45) is 5.92 Å². The van der Waals surface area contributed by atoms with Gasteiger partial charge in [-0.1, -0.05) is 61.7 Å². The van der Waals surface area contributed by atoms with Crippen LogP contribution in [-0.4, -0.2) is 9.55 Å². The fourth-order valence-electron chi connectivity index (χ4n) is 2.68. The third-order valence-electron chi connectivity index (χ3n) is 4.27. The molecular weight excluding hydrogens is 339 g/mol. The average molecular weight is 359 g/mol. The molecule has 0 aliphatic heterocycles. The quantitative estimate of drug-likeness (QED) is 0.504. The summed E-state index contributed by atoms with van der Waals surface area (Å²) >= 11 is 12.5. The molecule has 1 atom stereocenters. The summed E-state index contributed by atoms with van der Waals surface area (Å²) in [5.41, 5.74) is 2.98. The van der Waals surface area contributed by atoms with E-state index >= 15 is 0 Å². The van der Waals surface area contributed by atoms with Gasteiger partial charge in [0, 0.05) is 22.2 Å². The van der Waals surface area contributed by atoms with Gasteiger partial charge in [0.05, 0.1) is 11.0 Å². The summed E-state index contributed by atoms with van der Waals surface area (Å²) in [5, 5.41) is 1.28. The van der Waals surface area contributed by atoms with E-state index in [1.54, 1.807) is 0 Å². The van der Waals surface area contributed by atoms with Gasteiger partial charge in [-0.25, -0.2) is 4.98 Å². The minimum Gasteiger partial charge on any atom is -0.324 e. The van der Waals surface area contributed by atoms with Crippen molar-refractivity contribution in [2.75, 3.05) is 0 Å². The Morgan fingerprint density at radius 1 is 1.04 bits per heavy atom. The van der Waals surface area contributed by atoms with E-state index in [9.17, 15) is 0 Å². The van der Waals surface area contributed by atoms with Gasteiger partial charge in [0.15, 0.2) is 0 Å². The maximum atomic E-state index is 6.26. The highest BCUT2D eigenvalue weighted by molar-refractivity contribution is 6.37. The first-order chi connectivity index (χ1) is 11.6. The average Bonchev–Trinajstić information content (AvgIpc) is 2.92. The number of hydrogen-bond donors (Lipinski definition) is 0. The van der Waals surface area contributed by atoms with E-state index in [0.29, 0.717) is 16.0 Å². The van der Waals surface area contributed by atoms with Crippen LogP contribution >= 0.6 is 23.2 Å². The Labute approximate surface area is 152 Å². The van der Waals surface area contributed by atoms with Crippen LogP contribution in [0.4, 0.5) is 0 Å². The molecule has 2 aromatic carbocycles. The van der Waals surface area contributed by atoms with Crippen LogP contribution in [0.2, 0.25) is 10.0 Å². The summed E-state index contributed by atoms with van der Waals surface area (Å²) in [7, 11) is 0. The van der Waals surface area contributed by atoms with E-state index in [1.165, 1.54) is 0 Å². The van der Waals surface area contributed by atoms with Gasteiger partial charge in [0.25, 0.3) is 0 Å². The fourth-order valence-corrected chi connectivity index (χ4v) is 3.21. The lowest BCUT2D eigenvalue weighted by Gasteiger charge is -2.12. The predicted molar refractivity (Wildman–Crippen MR) is 105 cm³/mol. The van der Waals surface area contributed by atoms with Gasteiger partial charge in [0.2, 0.25) is 0 Å². The standard InChI is InChI=1S/C20H20Cl2N2/c1-3-14(2)13-24-19-10-5-4-9-18(19)23-20(24)12-11-15-16(21)7-6-8-17(15)22/h4-12,14H,3,13H2,1-2H3/b12-11+. The summed E-state index contributed by atoms with van der Waals surface area (Å²) in [6.45, 7) is 5.41. The zero-order valence-corrected chi connectivity index (χ0v) is 15.3. The molecule has 0 saturated carbocycles. The van der Waals surface area contributed by atoms with Crippen molar-refractivity contribution in [1.82, 2.24) is 9.55 Å². The number of benzene rings is 2. The number of aromatic nitrogens is 2. The zero-order valence-electron chi connectivity index (χ0n) is 13.8. The third kappa shape index (κ3) is 3.50. The van der Waals surface area contributed by atoms with Crippen molar-refractivity contribution in [3.05, 3.63) is 63.9 Å². The number of nitrogens with zero attached hydrogens (tertiary/aromatic N) is 2. The van der Waals surface area contributed by atoms with Crippen molar-refractivity contribution in [3.8, 4) is 0 Å². The Morgan fingerprint density at radius 3 is 2.46 bits per heavy atom. The molecule has 1 heterocycles. The zero-order chi connectivity index (χ0) is 17.1. The molecule has 0 saturated heterocycles. The molecule has 0 amide bonds. The summed E-state index contributed by atoms with van der Waals surface area (Å²) in [6.07, 6.45) is 5.07. The SMILES string of the molecule is CCC(C)Cn1c(/C=C/c2c(Cl)cccc2Cl)nc2ccccc21. The Kier molecular flexibility index (Phi) is 5.27. The maximum absolute atomic E-state index is 6.26. The van der Waals surface area contributed by atoms with Crippen LogP contribution in [0.5, 0.6) is 0 Å². The smallest absolute Gasteiger partial charge is 0.133 e. The van der Waals surface area contributed by atoms with Crippen LogP contribution in [0.3, 0.4) is 0 Å². The van der Waals surface area contributed by atoms with E-state index < -0.39 is 0 Å². The lowest BCUT2D eigenvalue weighted by atomic mass is 10.1. The Bertz CT molecular complexity index is 860. The second kappa shape index (κ2) is 7.42. The monoisotopic (exact) mass is 358 g/mol. The molecule has 0 bridgehead atoms. The number of rotatable bonds is 5. The first-order valence-electron chi connectivity index (χ1n) is 8.17. The Balaban J connectivity index is 2.05. The molecule has 3 rings (SSSR count). The van der Waals surface area contributed by atoms with E-state index in [-0.39, 0.29) is 0 Å². The van der Waals surface area contributed by atoms with Gasteiger partial charge >= 0.3 is 0 Å². The molecule has 24 heavy (non-hydrogen) atoms. The summed E-state index contributed by atoms with van der Waals surface area (Å²) in [4.78, 5) is 4.76. The number of para-hydroxylation sites is 2. The van der Waals surface area contributed by atoms with Gasteiger partial charge < -0.3 is 4.57 Å². The fraction of sp³-hybridized carbons (Fsp3) is 0.250. The molecule has 124 valence electrons. The molecule has 0 fully saturated rings. The molecule has 2 nitrogen and oxygen atoms in total. The highest BCUT2D eigenvalue weighted by Gasteiger charge is 2.11. The van der Waals surface area contributed by atoms with Gasteiger partial charge in [-0.15, -0.1) is 0 Å². The van der Waals surface area contributed by atoms with E-state index in [2.05, 4.69) is 30.5 Å². The summed E-state index contributed by atoms with van der Waals surface area (Å²) in [5.74, 6) is 1.51. The molecule has 0 aliphatic carbocycles. The second-order valence-corrected chi connectivity index (χ2v) is 6.87. The number of hydrogen-bond acceptors (Lipinski definition) is 1. The number of fused-ring (bicyclic) bond motifs is 1. The molecule has 0 N–H and O–H groups in total. The highest BCUT2D eigenvalue weighted by Crippen LogP contribution is 2.27. The molecule has 4 heteroatoms. The molecule has 1 aromatic heterocycles. The largest absolute Gasteiger partial charge is 0.324 e. The first-order valence-corrected chi connectivity index (χ1v) is 8.93. The molecule has 3 aromatic rings. The predicted octanol–water partition coefficient (Wildman–Crippen LogP) is 6.56. The Morgan fingerprint density at radius 2 is 1.75 bits per heavy atom.